The molecule has 0 saturated heterocycles. The van der Waals surface area contributed by atoms with Crippen LogP contribution in [-0.2, 0) is 22.6 Å². The Balaban J connectivity index is 1.98. The van der Waals surface area contributed by atoms with Crippen molar-refractivity contribution in [3.8, 4) is 0 Å². The van der Waals surface area contributed by atoms with Crippen LogP contribution in [0.4, 0.5) is 0 Å². The van der Waals surface area contributed by atoms with Crippen molar-refractivity contribution in [2.75, 3.05) is 0 Å². The van der Waals surface area contributed by atoms with Gasteiger partial charge in [0, 0.05) is 24.9 Å². The third kappa shape index (κ3) is 6.97. The van der Waals surface area contributed by atoms with Crippen molar-refractivity contribution in [3.63, 3.8) is 0 Å². The summed E-state index contributed by atoms with van der Waals surface area (Å²) in [5, 5.41) is 21.8. The number of carboxylic acids is 2. The van der Waals surface area contributed by atoms with E-state index in [1.807, 2.05) is 18.4 Å². The molecule has 1 saturated carbocycles. The number of nitrogens with one attached hydrogen (secondary N) is 1. The first-order chi connectivity index (χ1) is 12.9. The van der Waals surface area contributed by atoms with Gasteiger partial charge < -0.3 is 14.8 Å². The zero-order valence-corrected chi connectivity index (χ0v) is 16.4. The number of aromatic nitrogens is 2. The number of nitrogens with zero attached hydrogens (tertiary/aromatic N) is 2. The van der Waals surface area contributed by atoms with Crippen LogP contribution >= 0.6 is 0 Å². The van der Waals surface area contributed by atoms with E-state index in [2.05, 4.69) is 10.3 Å². The molecule has 0 spiro atoms. The number of aliphatic carboxylic acids is 2. The molecule has 0 radical (unpaired) electrons. The Hall–Kier alpha value is -1.89. The van der Waals surface area contributed by atoms with Crippen molar-refractivity contribution in [1.29, 1.82) is 0 Å². The molecule has 7 nitrogen and oxygen atoms in total. The van der Waals surface area contributed by atoms with Crippen LogP contribution in [0.2, 0.25) is 0 Å². The highest BCUT2D eigenvalue weighted by atomic mass is 16.4. The van der Waals surface area contributed by atoms with E-state index in [9.17, 15) is 19.8 Å². The third-order valence-corrected chi connectivity index (χ3v) is 5.42. The third-order valence-electron chi connectivity index (χ3n) is 5.42. The van der Waals surface area contributed by atoms with Crippen molar-refractivity contribution in [1.82, 2.24) is 14.9 Å². The van der Waals surface area contributed by atoms with Gasteiger partial charge in [0.25, 0.3) is 0 Å². The number of hydrogen-bond acceptors (Lipinski definition) is 4. The van der Waals surface area contributed by atoms with Gasteiger partial charge in [0.05, 0.1) is 6.33 Å². The standard InChI is InChI=1S/C20H33N3O4/c1-14(2)10-17(19(24)25)22-18(20(26)27)11-16-12-21-13-23(16)9-8-15-6-4-3-5-7-15/h12-15,17-18,22H,3-11H2,1-2H3,(H,24,25)(H,26,27)/t17-,18-/m0/s1. The molecular formula is C20H33N3O4. The Labute approximate surface area is 161 Å². The first-order valence-corrected chi connectivity index (χ1v) is 10.1. The minimum Gasteiger partial charge on any atom is -0.480 e. The lowest BCUT2D eigenvalue weighted by Gasteiger charge is -2.23. The SMILES string of the molecule is CC(C)C[C@H](N[C@@H](Cc1cncn1CCC1CCCCC1)C(=O)O)C(=O)O. The second kappa shape index (κ2) is 10.4. The maximum absolute atomic E-state index is 11.7. The monoisotopic (exact) mass is 379 g/mol. The first kappa shape index (κ1) is 21.4. The van der Waals surface area contributed by atoms with Crippen molar-refractivity contribution in [2.45, 2.75) is 83.8 Å². The number of aryl methyl sites for hydroxylation is 1. The maximum atomic E-state index is 11.7. The van der Waals surface area contributed by atoms with Gasteiger partial charge >= 0.3 is 11.9 Å². The maximum Gasteiger partial charge on any atom is 0.321 e. The van der Waals surface area contributed by atoms with E-state index in [0.717, 1.165) is 24.6 Å². The van der Waals surface area contributed by atoms with Gasteiger partial charge in [-0.3, -0.25) is 14.9 Å². The number of carbonyl (C=O) groups is 2. The molecule has 2 atom stereocenters. The lowest BCUT2D eigenvalue weighted by Crippen LogP contribution is -2.49. The van der Waals surface area contributed by atoms with E-state index in [0.29, 0.717) is 6.42 Å². The van der Waals surface area contributed by atoms with Crippen molar-refractivity contribution >= 4 is 11.9 Å². The molecule has 3 N–H and O–H groups in total. The van der Waals surface area contributed by atoms with Crippen molar-refractivity contribution < 1.29 is 19.8 Å². The molecule has 1 aromatic rings. The summed E-state index contributed by atoms with van der Waals surface area (Å²) in [6.45, 7) is 4.68. The van der Waals surface area contributed by atoms with Crippen LogP contribution in [0.3, 0.4) is 0 Å². The Kier molecular flexibility index (Phi) is 8.28. The fraction of sp³-hybridized carbons (Fsp3) is 0.750. The second-order valence-corrected chi connectivity index (χ2v) is 8.15. The topological polar surface area (TPSA) is 104 Å². The smallest absolute Gasteiger partial charge is 0.321 e. The Morgan fingerprint density at radius 2 is 1.85 bits per heavy atom. The number of carboxylic acid groups (broad SMARTS) is 2. The van der Waals surface area contributed by atoms with Gasteiger partial charge in [-0.25, -0.2) is 4.98 Å². The number of imidazole rings is 1. The molecule has 1 aromatic heterocycles. The van der Waals surface area contributed by atoms with Crippen LogP contribution < -0.4 is 5.32 Å². The summed E-state index contributed by atoms with van der Waals surface area (Å²) >= 11 is 0. The van der Waals surface area contributed by atoms with E-state index in [1.165, 1.54) is 32.1 Å². The van der Waals surface area contributed by atoms with Gasteiger partial charge in [0.1, 0.15) is 12.1 Å². The van der Waals surface area contributed by atoms with Crippen molar-refractivity contribution in [2.24, 2.45) is 11.8 Å². The van der Waals surface area contributed by atoms with Gasteiger partial charge in [0.15, 0.2) is 0 Å². The van der Waals surface area contributed by atoms with E-state index in [4.69, 9.17) is 0 Å². The highest BCUT2D eigenvalue weighted by molar-refractivity contribution is 5.77. The van der Waals surface area contributed by atoms with Crippen LogP contribution in [0.5, 0.6) is 0 Å². The molecule has 1 heterocycles. The summed E-state index contributed by atoms with van der Waals surface area (Å²) in [6, 6.07) is -1.82. The molecule has 1 aliphatic carbocycles. The molecule has 7 heteroatoms. The predicted octanol–water partition coefficient (Wildman–Crippen LogP) is 2.94. The fourth-order valence-corrected chi connectivity index (χ4v) is 3.90. The molecule has 0 unspecified atom stereocenters. The second-order valence-electron chi connectivity index (χ2n) is 8.15. The first-order valence-electron chi connectivity index (χ1n) is 10.1. The lowest BCUT2D eigenvalue weighted by molar-refractivity contribution is -0.142. The molecule has 27 heavy (non-hydrogen) atoms. The molecule has 0 aliphatic heterocycles. The zero-order chi connectivity index (χ0) is 19.8. The van der Waals surface area contributed by atoms with E-state index < -0.39 is 24.0 Å². The van der Waals surface area contributed by atoms with Crippen LogP contribution in [0.15, 0.2) is 12.5 Å². The number of rotatable bonds is 11. The Morgan fingerprint density at radius 1 is 1.19 bits per heavy atom. The van der Waals surface area contributed by atoms with Crippen LogP contribution in [0, 0.1) is 11.8 Å². The molecule has 1 aliphatic rings. The highest BCUT2D eigenvalue weighted by Crippen LogP contribution is 2.26. The molecule has 0 aromatic carbocycles. The number of hydrogen-bond donors (Lipinski definition) is 3. The summed E-state index contributed by atoms with van der Waals surface area (Å²) in [5.74, 6) is -1.15. The van der Waals surface area contributed by atoms with Crippen molar-refractivity contribution in [3.05, 3.63) is 18.2 Å². The van der Waals surface area contributed by atoms with E-state index in [-0.39, 0.29) is 12.3 Å². The summed E-state index contributed by atoms with van der Waals surface area (Å²) in [5.41, 5.74) is 0.833. The summed E-state index contributed by atoms with van der Waals surface area (Å²) in [4.78, 5) is 27.4. The largest absolute Gasteiger partial charge is 0.480 e. The Bertz CT molecular complexity index is 608. The lowest BCUT2D eigenvalue weighted by atomic mass is 9.87. The zero-order valence-electron chi connectivity index (χ0n) is 16.4. The molecule has 0 bridgehead atoms. The highest BCUT2D eigenvalue weighted by Gasteiger charge is 2.27. The quantitative estimate of drug-likeness (QED) is 0.546. The molecule has 152 valence electrons. The van der Waals surface area contributed by atoms with Crippen LogP contribution in [0.25, 0.3) is 0 Å². The minimum atomic E-state index is -1.04. The van der Waals surface area contributed by atoms with Gasteiger partial charge in [-0.1, -0.05) is 46.0 Å². The summed E-state index contributed by atoms with van der Waals surface area (Å²) in [6.07, 6.45) is 11.6. The summed E-state index contributed by atoms with van der Waals surface area (Å²) < 4.78 is 2.02. The van der Waals surface area contributed by atoms with Gasteiger partial charge in [-0.05, 0) is 24.7 Å². The minimum absolute atomic E-state index is 0.161. The van der Waals surface area contributed by atoms with Gasteiger partial charge in [-0.2, -0.15) is 0 Å². The Morgan fingerprint density at radius 3 is 2.44 bits per heavy atom. The average Bonchev–Trinajstić information content (AvgIpc) is 3.06. The predicted molar refractivity (Wildman–Crippen MR) is 103 cm³/mol. The van der Waals surface area contributed by atoms with Gasteiger partial charge in [-0.15, -0.1) is 0 Å². The normalized spacial score (nSPS) is 17.7. The van der Waals surface area contributed by atoms with Gasteiger partial charge in [0.2, 0.25) is 0 Å². The van der Waals surface area contributed by atoms with E-state index >= 15 is 0 Å². The fourth-order valence-electron chi connectivity index (χ4n) is 3.90. The molecule has 1 fully saturated rings. The molecule has 2 rings (SSSR count). The van der Waals surface area contributed by atoms with Crippen LogP contribution in [-0.4, -0.2) is 43.8 Å². The molecule has 0 amide bonds. The molecular weight excluding hydrogens is 346 g/mol. The average molecular weight is 380 g/mol. The summed E-state index contributed by atoms with van der Waals surface area (Å²) in [7, 11) is 0. The van der Waals surface area contributed by atoms with Crippen LogP contribution in [0.1, 0.15) is 64.5 Å². The van der Waals surface area contributed by atoms with E-state index in [1.54, 1.807) is 12.5 Å².